The average molecular weight is 272 g/mol. The van der Waals surface area contributed by atoms with Crippen LogP contribution in [-0.2, 0) is 0 Å². The molecule has 104 valence electrons. The Morgan fingerprint density at radius 1 is 1.25 bits per heavy atom. The summed E-state index contributed by atoms with van der Waals surface area (Å²) in [5, 5.41) is 8.65. The maximum absolute atomic E-state index is 11.8. The molecule has 1 aromatic heterocycles. The van der Waals surface area contributed by atoms with Crippen molar-refractivity contribution < 1.29 is 19.1 Å². The Hall–Kier alpha value is -2.33. The van der Waals surface area contributed by atoms with E-state index in [-0.39, 0.29) is 19.0 Å². The summed E-state index contributed by atoms with van der Waals surface area (Å²) in [7, 11) is 0. The third-order valence-corrected chi connectivity index (χ3v) is 2.65. The van der Waals surface area contributed by atoms with Gasteiger partial charge in [0.1, 0.15) is 18.1 Å². The standard InChI is InChI=1S/C16H16O4/c1-12-2-9-16(20-12)15(18)8-5-13-3-6-14(7-4-13)19-11-10-17/h2-9,17H,10-11H2,1H3. The van der Waals surface area contributed by atoms with Crippen molar-refractivity contribution in [1.29, 1.82) is 0 Å². The number of hydrogen-bond donors (Lipinski definition) is 1. The molecule has 1 heterocycles. The molecule has 0 saturated carbocycles. The molecule has 0 bridgehead atoms. The quantitative estimate of drug-likeness (QED) is 0.649. The van der Waals surface area contributed by atoms with Crippen LogP contribution in [0.15, 0.2) is 46.9 Å². The van der Waals surface area contributed by atoms with E-state index in [0.29, 0.717) is 17.3 Å². The Morgan fingerprint density at radius 2 is 2.00 bits per heavy atom. The van der Waals surface area contributed by atoms with Crippen LogP contribution >= 0.6 is 0 Å². The zero-order valence-electron chi connectivity index (χ0n) is 11.2. The van der Waals surface area contributed by atoms with Gasteiger partial charge in [0.25, 0.3) is 0 Å². The third-order valence-electron chi connectivity index (χ3n) is 2.65. The monoisotopic (exact) mass is 272 g/mol. The second-order valence-corrected chi connectivity index (χ2v) is 4.25. The molecule has 0 radical (unpaired) electrons. The average Bonchev–Trinajstić information content (AvgIpc) is 2.90. The first-order chi connectivity index (χ1) is 9.69. The summed E-state index contributed by atoms with van der Waals surface area (Å²) in [4.78, 5) is 11.8. The predicted molar refractivity (Wildman–Crippen MR) is 75.8 cm³/mol. The zero-order valence-corrected chi connectivity index (χ0v) is 11.2. The van der Waals surface area contributed by atoms with Crippen LogP contribution in [0, 0.1) is 6.92 Å². The molecule has 0 aliphatic heterocycles. The number of carbonyl (C=O) groups is 1. The van der Waals surface area contributed by atoms with Crippen molar-refractivity contribution in [3.05, 3.63) is 59.6 Å². The van der Waals surface area contributed by atoms with Gasteiger partial charge in [0, 0.05) is 0 Å². The van der Waals surface area contributed by atoms with Crippen molar-refractivity contribution in [2.75, 3.05) is 13.2 Å². The van der Waals surface area contributed by atoms with E-state index in [1.807, 2.05) is 12.1 Å². The number of aryl methyl sites for hydroxylation is 1. The number of aliphatic hydroxyl groups excluding tert-OH is 1. The Balaban J connectivity index is 1.98. The molecule has 0 saturated heterocycles. The van der Waals surface area contributed by atoms with Gasteiger partial charge in [0.2, 0.25) is 5.78 Å². The lowest BCUT2D eigenvalue weighted by Crippen LogP contribution is -2.01. The number of benzene rings is 1. The summed E-state index contributed by atoms with van der Waals surface area (Å²) in [5.74, 6) is 1.57. The number of ketones is 1. The van der Waals surface area contributed by atoms with E-state index in [2.05, 4.69) is 0 Å². The Morgan fingerprint density at radius 3 is 2.60 bits per heavy atom. The van der Waals surface area contributed by atoms with Gasteiger partial charge in [-0.3, -0.25) is 4.79 Å². The SMILES string of the molecule is Cc1ccc(C(=O)C=Cc2ccc(OCCO)cc2)o1. The van der Waals surface area contributed by atoms with Crippen LogP contribution in [-0.4, -0.2) is 24.1 Å². The highest BCUT2D eigenvalue weighted by atomic mass is 16.5. The van der Waals surface area contributed by atoms with Crippen LogP contribution in [0.4, 0.5) is 0 Å². The highest BCUT2D eigenvalue weighted by Crippen LogP contribution is 2.14. The van der Waals surface area contributed by atoms with Crippen molar-refractivity contribution in [1.82, 2.24) is 0 Å². The maximum atomic E-state index is 11.8. The van der Waals surface area contributed by atoms with Crippen molar-refractivity contribution in [2.45, 2.75) is 6.92 Å². The Labute approximate surface area is 117 Å². The van der Waals surface area contributed by atoms with E-state index in [1.54, 1.807) is 37.3 Å². The molecule has 20 heavy (non-hydrogen) atoms. The maximum Gasteiger partial charge on any atom is 0.221 e. The summed E-state index contributed by atoms with van der Waals surface area (Å²) in [6, 6.07) is 10.7. The summed E-state index contributed by atoms with van der Waals surface area (Å²) in [6.07, 6.45) is 3.19. The predicted octanol–water partition coefficient (Wildman–Crippen LogP) is 2.86. The van der Waals surface area contributed by atoms with E-state index < -0.39 is 0 Å². The van der Waals surface area contributed by atoms with E-state index in [9.17, 15) is 4.79 Å². The van der Waals surface area contributed by atoms with Crippen LogP contribution in [0.2, 0.25) is 0 Å². The summed E-state index contributed by atoms with van der Waals surface area (Å²) in [6.45, 7) is 2.05. The molecule has 0 unspecified atom stereocenters. The number of rotatable bonds is 6. The van der Waals surface area contributed by atoms with E-state index >= 15 is 0 Å². The van der Waals surface area contributed by atoms with Crippen molar-refractivity contribution >= 4 is 11.9 Å². The van der Waals surface area contributed by atoms with Gasteiger partial charge in [0.15, 0.2) is 5.76 Å². The van der Waals surface area contributed by atoms with Crippen LogP contribution in [0.3, 0.4) is 0 Å². The molecule has 4 heteroatoms. The summed E-state index contributed by atoms with van der Waals surface area (Å²) < 4.78 is 10.5. The van der Waals surface area contributed by atoms with Crippen molar-refractivity contribution in [3.63, 3.8) is 0 Å². The van der Waals surface area contributed by atoms with Crippen molar-refractivity contribution in [2.24, 2.45) is 0 Å². The van der Waals surface area contributed by atoms with Crippen LogP contribution in [0.5, 0.6) is 5.75 Å². The molecular formula is C16H16O4. The second-order valence-electron chi connectivity index (χ2n) is 4.25. The van der Waals surface area contributed by atoms with Gasteiger partial charge in [0.05, 0.1) is 6.61 Å². The molecule has 0 amide bonds. The molecule has 1 aromatic carbocycles. The molecule has 1 N–H and O–H groups in total. The molecule has 0 aliphatic rings. The molecule has 0 atom stereocenters. The van der Waals surface area contributed by atoms with Gasteiger partial charge in [-0.15, -0.1) is 0 Å². The lowest BCUT2D eigenvalue weighted by atomic mass is 10.2. The smallest absolute Gasteiger partial charge is 0.221 e. The molecular weight excluding hydrogens is 256 g/mol. The number of carbonyl (C=O) groups excluding carboxylic acids is 1. The van der Waals surface area contributed by atoms with Gasteiger partial charge in [-0.2, -0.15) is 0 Å². The highest BCUT2D eigenvalue weighted by molar-refractivity contribution is 6.04. The van der Waals surface area contributed by atoms with E-state index in [4.69, 9.17) is 14.3 Å². The van der Waals surface area contributed by atoms with Crippen LogP contribution < -0.4 is 4.74 Å². The van der Waals surface area contributed by atoms with Crippen LogP contribution in [0.1, 0.15) is 21.9 Å². The molecule has 0 spiro atoms. The topological polar surface area (TPSA) is 59.7 Å². The summed E-state index contributed by atoms with van der Waals surface area (Å²) >= 11 is 0. The third kappa shape index (κ3) is 3.83. The number of ether oxygens (including phenoxy) is 1. The molecule has 0 fully saturated rings. The van der Waals surface area contributed by atoms with Gasteiger partial charge in [-0.1, -0.05) is 18.2 Å². The summed E-state index contributed by atoms with van der Waals surface area (Å²) in [5.41, 5.74) is 0.887. The fourth-order valence-electron chi connectivity index (χ4n) is 1.66. The fraction of sp³-hybridized carbons (Fsp3) is 0.188. The number of furan rings is 1. The van der Waals surface area contributed by atoms with E-state index in [1.165, 1.54) is 6.08 Å². The first-order valence-corrected chi connectivity index (χ1v) is 6.31. The minimum atomic E-state index is -0.168. The normalized spacial score (nSPS) is 10.9. The number of allylic oxidation sites excluding steroid dienone is 1. The van der Waals surface area contributed by atoms with Crippen molar-refractivity contribution in [3.8, 4) is 5.75 Å². The van der Waals surface area contributed by atoms with E-state index in [0.717, 1.165) is 5.56 Å². The zero-order chi connectivity index (χ0) is 14.4. The molecule has 2 rings (SSSR count). The molecule has 0 aliphatic carbocycles. The number of aliphatic hydroxyl groups is 1. The first kappa shape index (κ1) is 14.1. The lowest BCUT2D eigenvalue weighted by molar-refractivity contribution is 0.102. The largest absolute Gasteiger partial charge is 0.491 e. The van der Waals surface area contributed by atoms with Gasteiger partial charge >= 0.3 is 0 Å². The van der Waals surface area contributed by atoms with Crippen LogP contribution in [0.25, 0.3) is 6.08 Å². The fourth-order valence-corrected chi connectivity index (χ4v) is 1.66. The Kier molecular flexibility index (Phi) is 4.74. The second kappa shape index (κ2) is 6.73. The lowest BCUT2D eigenvalue weighted by Gasteiger charge is -2.03. The Bertz CT molecular complexity index is 593. The van der Waals surface area contributed by atoms with Gasteiger partial charge in [-0.25, -0.2) is 0 Å². The van der Waals surface area contributed by atoms with Gasteiger partial charge < -0.3 is 14.3 Å². The molecule has 2 aromatic rings. The first-order valence-electron chi connectivity index (χ1n) is 6.31. The van der Waals surface area contributed by atoms with Gasteiger partial charge in [-0.05, 0) is 42.8 Å². The molecule has 4 nitrogen and oxygen atoms in total. The minimum absolute atomic E-state index is 0.0152. The highest BCUT2D eigenvalue weighted by Gasteiger charge is 2.05. The number of hydrogen-bond acceptors (Lipinski definition) is 4. The minimum Gasteiger partial charge on any atom is -0.491 e.